The molecule has 1 heterocycles. The molecule has 0 bridgehead atoms. The Morgan fingerprint density at radius 1 is 1.26 bits per heavy atom. The lowest BCUT2D eigenvalue weighted by molar-refractivity contribution is 0.0740. The average molecular weight is 449 g/mol. The summed E-state index contributed by atoms with van der Waals surface area (Å²) in [5.41, 5.74) is 0.739. The molecule has 1 aromatic rings. The molecule has 3 rings (SSSR count). The van der Waals surface area contributed by atoms with Crippen molar-refractivity contribution >= 4 is 10.0 Å². The number of hydrogen-bond acceptors (Lipinski definition) is 5. The largest absolute Gasteiger partial charge is 0.487 e. The van der Waals surface area contributed by atoms with E-state index in [4.69, 9.17) is 4.74 Å². The van der Waals surface area contributed by atoms with Crippen molar-refractivity contribution in [1.29, 1.82) is 0 Å². The molecule has 172 valence electrons. The number of rotatable bonds is 6. The first-order valence-corrected chi connectivity index (χ1v) is 12.7. The summed E-state index contributed by atoms with van der Waals surface area (Å²) in [5, 5.41) is 9.74. The molecule has 6 nitrogen and oxygen atoms in total. The van der Waals surface area contributed by atoms with Gasteiger partial charge < -0.3 is 14.7 Å². The number of fused-ring (bicyclic) bond motifs is 1. The molecular weight excluding hydrogens is 412 g/mol. The zero-order valence-electron chi connectivity index (χ0n) is 19.3. The molecule has 0 aromatic heterocycles. The predicted molar refractivity (Wildman–Crippen MR) is 122 cm³/mol. The molecule has 0 spiro atoms. The van der Waals surface area contributed by atoms with Gasteiger partial charge in [0.05, 0.1) is 6.61 Å². The first-order chi connectivity index (χ1) is 14.6. The maximum absolute atomic E-state index is 13.5. The van der Waals surface area contributed by atoms with Crippen molar-refractivity contribution in [1.82, 2.24) is 9.21 Å². The molecule has 1 N–H and O–H groups in total. The van der Waals surface area contributed by atoms with Crippen molar-refractivity contribution < 1.29 is 18.3 Å². The Balaban J connectivity index is 2.00. The van der Waals surface area contributed by atoms with Crippen LogP contribution in [0, 0.1) is 29.6 Å². The van der Waals surface area contributed by atoms with Gasteiger partial charge >= 0.3 is 0 Å². The van der Waals surface area contributed by atoms with Crippen LogP contribution < -0.4 is 4.74 Å². The standard InChI is InChI=1S/C24H36N2O4S/c1-17(2)6-7-20-10-11-24-22(12-20)30-23(15-25(5)14-21-8-9-21)18(3)13-26(19(4)16-27)31(24,28)29/h10-12,17-19,21,23,27H,8-9,13-16H2,1-5H3/t18-,19-,23-/m1/s1. The van der Waals surface area contributed by atoms with Gasteiger partial charge in [-0.05, 0) is 50.9 Å². The van der Waals surface area contributed by atoms with E-state index in [9.17, 15) is 13.5 Å². The first kappa shape index (κ1) is 24.1. The number of benzene rings is 1. The highest BCUT2D eigenvalue weighted by Gasteiger charge is 2.38. The molecule has 1 aromatic carbocycles. The SMILES string of the molecule is CC(C)C#Cc1ccc2c(c1)O[C@H](CN(C)CC1CC1)[C@H](C)CN([C@H](C)CO)S2(=O)=O. The summed E-state index contributed by atoms with van der Waals surface area (Å²) in [6.45, 7) is 9.63. The highest BCUT2D eigenvalue weighted by atomic mass is 32.2. The van der Waals surface area contributed by atoms with Crippen molar-refractivity contribution in [3.8, 4) is 17.6 Å². The minimum absolute atomic E-state index is 0.0380. The second-order valence-corrected chi connectivity index (χ2v) is 11.3. The molecule has 1 aliphatic carbocycles. The minimum Gasteiger partial charge on any atom is -0.487 e. The Labute approximate surface area is 187 Å². The van der Waals surface area contributed by atoms with Gasteiger partial charge in [-0.25, -0.2) is 8.42 Å². The van der Waals surface area contributed by atoms with E-state index in [-0.39, 0.29) is 29.4 Å². The van der Waals surface area contributed by atoms with Gasteiger partial charge in [-0.1, -0.05) is 32.6 Å². The van der Waals surface area contributed by atoms with Crippen LogP contribution in [0.1, 0.15) is 46.1 Å². The van der Waals surface area contributed by atoms with Crippen molar-refractivity contribution in [3.05, 3.63) is 23.8 Å². The summed E-state index contributed by atoms with van der Waals surface area (Å²) in [7, 11) is -1.71. The van der Waals surface area contributed by atoms with Crippen LogP contribution in [0.4, 0.5) is 0 Å². The second-order valence-electron chi connectivity index (χ2n) is 9.49. The molecule has 2 aliphatic rings. The van der Waals surface area contributed by atoms with Gasteiger partial charge in [-0.3, -0.25) is 0 Å². The van der Waals surface area contributed by atoms with E-state index >= 15 is 0 Å². The Hall–Kier alpha value is -1.59. The molecule has 0 saturated heterocycles. The van der Waals surface area contributed by atoms with Gasteiger partial charge in [0.1, 0.15) is 16.7 Å². The van der Waals surface area contributed by atoms with Crippen LogP contribution in [0.25, 0.3) is 0 Å². The number of sulfonamides is 1. The van der Waals surface area contributed by atoms with Crippen molar-refractivity contribution in [2.75, 3.05) is 33.3 Å². The van der Waals surface area contributed by atoms with E-state index in [2.05, 4.69) is 23.8 Å². The lowest BCUT2D eigenvalue weighted by Crippen LogP contribution is -2.49. The molecular formula is C24H36N2O4S. The van der Waals surface area contributed by atoms with Gasteiger partial charge in [-0.2, -0.15) is 4.31 Å². The lowest BCUT2D eigenvalue weighted by atomic mass is 10.0. The number of ether oxygens (including phenoxy) is 1. The first-order valence-electron chi connectivity index (χ1n) is 11.2. The number of likely N-dealkylation sites (N-methyl/N-ethyl adjacent to an activating group) is 1. The van der Waals surface area contributed by atoms with E-state index in [0.29, 0.717) is 12.3 Å². The zero-order chi connectivity index (χ0) is 22.8. The third kappa shape index (κ3) is 6.01. The molecule has 0 unspecified atom stereocenters. The summed E-state index contributed by atoms with van der Waals surface area (Å²) in [4.78, 5) is 2.43. The summed E-state index contributed by atoms with van der Waals surface area (Å²) < 4.78 is 34.8. The third-order valence-corrected chi connectivity index (χ3v) is 7.95. The van der Waals surface area contributed by atoms with Crippen LogP contribution in [0.3, 0.4) is 0 Å². The fourth-order valence-corrected chi connectivity index (χ4v) is 5.70. The van der Waals surface area contributed by atoms with Gasteiger partial charge in [0.25, 0.3) is 0 Å². The Kier molecular flexibility index (Phi) is 7.69. The molecule has 3 atom stereocenters. The number of aliphatic hydroxyl groups excluding tert-OH is 1. The normalized spacial score (nSPS) is 24.5. The van der Waals surface area contributed by atoms with Crippen LogP contribution in [0.5, 0.6) is 5.75 Å². The van der Waals surface area contributed by atoms with E-state index in [1.54, 1.807) is 25.1 Å². The van der Waals surface area contributed by atoms with Gasteiger partial charge in [-0.15, -0.1) is 0 Å². The van der Waals surface area contributed by atoms with Gasteiger partial charge in [0, 0.05) is 43.1 Å². The van der Waals surface area contributed by atoms with E-state index in [1.165, 1.54) is 17.1 Å². The summed E-state index contributed by atoms with van der Waals surface area (Å²) in [6, 6.07) is 4.56. The lowest BCUT2D eigenvalue weighted by Gasteiger charge is -2.37. The minimum atomic E-state index is -3.81. The topological polar surface area (TPSA) is 70.1 Å². The van der Waals surface area contributed by atoms with Crippen molar-refractivity contribution in [2.45, 2.75) is 57.6 Å². The Morgan fingerprint density at radius 2 is 1.97 bits per heavy atom. The van der Waals surface area contributed by atoms with Crippen LogP contribution in [0.2, 0.25) is 0 Å². The fraction of sp³-hybridized carbons (Fsp3) is 0.667. The summed E-state index contributed by atoms with van der Waals surface area (Å²) in [5.74, 6) is 7.54. The van der Waals surface area contributed by atoms with E-state index < -0.39 is 16.1 Å². The Bertz CT molecular complexity index is 931. The van der Waals surface area contributed by atoms with Gasteiger partial charge in [0.15, 0.2) is 0 Å². The van der Waals surface area contributed by atoms with Crippen LogP contribution in [-0.2, 0) is 10.0 Å². The second kappa shape index (κ2) is 9.91. The molecule has 0 radical (unpaired) electrons. The van der Waals surface area contributed by atoms with Crippen molar-refractivity contribution in [3.63, 3.8) is 0 Å². The number of hydrogen-bond donors (Lipinski definition) is 1. The Morgan fingerprint density at radius 3 is 2.58 bits per heavy atom. The summed E-state index contributed by atoms with van der Waals surface area (Å²) in [6.07, 6.45) is 2.40. The molecule has 1 aliphatic heterocycles. The molecule has 1 fully saturated rings. The molecule has 7 heteroatoms. The van der Waals surface area contributed by atoms with Crippen LogP contribution in [0.15, 0.2) is 23.1 Å². The average Bonchev–Trinajstić information content (AvgIpc) is 3.52. The third-order valence-electron chi connectivity index (χ3n) is 5.93. The van der Waals surface area contributed by atoms with E-state index in [0.717, 1.165) is 24.6 Å². The smallest absolute Gasteiger partial charge is 0.247 e. The maximum atomic E-state index is 13.5. The van der Waals surface area contributed by atoms with Crippen LogP contribution >= 0.6 is 0 Å². The monoisotopic (exact) mass is 448 g/mol. The zero-order valence-corrected chi connectivity index (χ0v) is 20.2. The number of aliphatic hydroxyl groups is 1. The van der Waals surface area contributed by atoms with Crippen LogP contribution in [-0.4, -0.2) is 68.2 Å². The molecule has 31 heavy (non-hydrogen) atoms. The van der Waals surface area contributed by atoms with E-state index in [1.807, 2.05) is 20.8 Å². The highest BCUT2D eigenvalue weighted by molar-refractivity contribution is 7.89. The number of nitrogens with zero attached hydrogens (tertiary/aromatic N) is 2. The summed E-state index contributed by atoms with van der Waals surface area (Å²) >= 11 is 0. The van der Waals surface area contributed by atoms with Gasteiger partial charge in [0.2, 0.25) is 10.0 Å². The quantitative estimate of drug-likeness (QED) is 0.678. The van der Waals surface area contributed by atoms with Crippen molar-refractivity contribution in [2.24, 2.45) is 17.8 Å². The highest BCUT2D eigenvalue weighted by Crippen LogP contribution is 2.35. The fourth-order valence-electron chi connectivity index (χ4n) is 3.87. The predicted octanol–water partition coefficient (Wildman–Crippen LogP) is 2.80. The molecule has 0 amide bonds. The maximum Gasteiger partial charge on any atom is 0.247 e. The molecule has 1 saturated carbocycles.